The molecule has 0 aliphatic heterocycles. The Balaban J connectivity index is 1.98. The van der Waals surface area contributed by atoms with Gasteiger partial charge in [-0.15, -0.1) is 0 Å². The maximum atomic E-state index is 12.4. The number of likely N-dealkylation sites (N-methyl/N-ethyl adjacent to an activating group) is 1. The summed E-state index contributed by atoms with van der Waals surface area (Å²) in [4.78, 5) is 14.7. The van der Waals surface area contributed by atoms with Crippen LogP contribution < -0.4 is 5.32 Å². The Morgan fingerprint density at radius 3 is 2.71 bits per heavy atom. The average Bonchev–Trinajstić information content (AvgIpc) is 2.95. The Morgan fingerprint density at radius 2 is 2.04 bits per heavy atom. The topological polar surface area (TPSA) is 50.2 Å². The lowest BCUT2D eigenvalue weighted by Gasteiger charge is -2.21. The van der Waals surface area contributed by atoms with E-state index in [0.717, 1.165) is 24.5 Å². The highest BCUT2D eigenvalue weighted by atomic mass is 16.2. The minimum Gasteiger partial charge on any atom is -0.347 e. The van der Waals surface area contributed by atoms with E-state index in [-0.39, 0.29) is 11.9 Å². The van der Waals surface area contributed by atoms with Gasteiger partial charge < -0.3 is 10.2 Å². The summed E-state index contributed by atoms with van der Waals surface area (Å²) in [6, 6.07) is 11.8. The molecule has 5 heteroatoms. The maximum absolute atomic E-state index is 12.4. The molecule has 0 spiro atoms. The average molecular weight is 328 g/mol. The fourth-order valence-corrected chi connectivity index (χ4v) is 2.75. The Labute approximate surface area is 144 Å². The molecule has 130 valence electrons. The summed E-state index contributed by atoms with van der Waals surface area (Å²) in [6.07, 6.45) is 2.36. The van der Waals surface area contributed by atoms with Gasteiger partial charge in [-0.05, 0) is 52.1 Å². The fraction of sp³-hybridized carbons (Fsp3) is 0.474. The first-order valence-electron chi connectivity index (χ1n) is 8.62. The molecule has 1 aromatic heterocycles. The number of aryl methyl sites for hydroxylation is 1. The molecule has 1 amide bonds. The molecule has 5 nitrogen and oxygen atoms in total. The van der Waals surface area contributed by atoms with Crippen molar-refractivity contribution in [3.8, 4) is 5.69 Å². The van der Waals surface area contributed by atoms with E-state index in [1.807, 2.05) is 50.2 Å². The van der Waals surface area contributed by atoms with Crippen molar-refractivity contribution in [1.82, 2.24) is 20.0 Å². The van der Waals surface area contributed by atoms with E-state index in [0.29, 0.717) is 5.69 Å². The van der Waals surface area contributed by atoms with Crippen LogP contribution in [0.1, 0.15) is 42.9 Å². The zero-order valence-electron chi connectivity index (χ0n) is 15.1. The Morgan fingerprint density at radius 1 is 1.33 bits per heavy atom. The lowest BCUT2D eigenvalue weighted by atomic mass is 10.2. The second-order valence-electron chi connectivity index (χ2n) is 6.41. The summed E-state index contributed by atoms with van der Waals surface area (Å²) in [6.45, 7) is 8.06. The van der Waals surface area contributed by atoms with E-state index in [4.69, 9.17) is 0 Å². The van der Waals surface area contributed by atoms with Crippen molar-refractivity contribution in [2.75, 3.05) is 20.1 Å². The summed E-state index contributed by atoms with van der Waals surface area (Å²) in [7, 11) is 2.09. The highest BCUT2D eigenvalue weighted by Gasteiger charge is 2.16. The molecule has 0 aliphatic carbocycles. The molecule has 0 radical (unpaired) electrons. The number of benzene rings is 1. The van der Waals surface area contributed by atoms with E-state index in [2.05, 4.69) is 29.3 Å². The molecule has 0 bridgehead atoms. The molecule has 2 aromatic rings. The van der Waals surface area contributed by atoms with Crippen LogP contribution in [0.5, 0.6) is 0 Å². The summed E-state index contributed by atoms with van der Waals surface area (Å²) < 4.78 is 1.80. The number of hydrogen-bond acceptors (Lipinski definition) is 3. The van der Waals surface area contributed by atoms with E-state index in [9.17, 15) is 4.79 Å². The quantitative estimate of drug-likeness (QED) is 0.810. The van der Waals surface area contributed by atoms with Crippen LogP contribution in [0.4, 0.5) is 0 Å². The van der Waals surface area contributed by atoms with Gasteiger partial charge in [0.1, 0.15) is 0 Å². The summed E-state index contributed by atoms with van der Waals surface area (Å²) >= 11 is 0. The first-order chi connectivity index (χ1) is 11.5. The Bertz CT molecular complexity index is 651. The van der Waals surface area contributed by atoms with E-state index < -0.39 is 0 Å². The first kappa shape index (κ1) is 18.2. The van der Waals surface area contributed by atoms with Crippen LogP contribution in [0.2, 0.25) is 0 Å². The molecule has 1 heterocycles. The number of nitrogens with zero attached hydrogens (tertiary/aromatic N) is 3. The van der Waals surface area contributed by atoms with Gasteiger partial charge in [-0.2, -0.15) is 5.10 Å². The second kappa shape index (κ2) is 8.64. The number of para-hydroxylation sites is 1. The molecule has 0 saturated carbocycles. The molecule has 0 aliphatic rings. The van der Waals surface area contributed by atoms with Crippen LogP contribution in [-0.4, -0.2) is 46.8 Å². The molecular formula is C19H28N4O. The zero-order valence-corrected chi connectivity index (χ0v) is 15.1. The third-order valence-corrected chi connectivity index (χ3v) is 3.98. The van der Waals surface area contributed by atoms with Crippen LogP contribution in [0.25, 0.3) is 5.69 Å². The highest BCUT2D eigenvalue weighted by Crippen LogP contribution is 2.11. The largest absolute Gasteiger partial charge is 0.347 e. The third-order valence-electron chi connectivity index (χ3n) is 3.98. The zero-order chi connectivity index (χ0) is 17.5. The van der Waals surface area contributed by atoms with Gasteiger partial charge in [0.05, 0.1) is 5.69 Å². The van der Waals surface area contributed by atoms with Gasteiger partial charge in [0.15, 0.2) is 5.69 Å². The first-order valence-corrected chi connectivity index (χ1v) is 8.62. The highest BCUT2D eigenvalue weighted by molar-refractivity contribution is 5.92. The van der Waals surface area contributed by atoms with Crippen LogP contribution in [0.15, 0.2) is 36.4 Å². The van der Waals surface area contributed by atoms with Gasteiger partial charge in [0, 0.05) is 18.3 Å². The third kappa shape index (κ3) is 4.93. The van der Waals surface area contributed by atoms with Crippen molar-refractivity contribution in [3.63, 3.8) is 0 Å². The van der Waals surface area contributed by atoms with Crippen molar-refractivity contribution in [1.29, 1.82) is 0 Å². The standard InChI is InChI=1S/C19H28N4O/c1-5-6-12-22(4)14-15(2)20-19(24)18-13-16(3)23(21-18)17-10-8-7-9-11-17/h7-11,13,15H,5-6,12,14H2,1-4H3,(H,20,24)/t15-/m1/s1. The van der Waals surface area contributed by atoms with E-state index >= 15 is 0 Å². The number of unbranched alkanes of at least 4 members (excludes halogenated alkanes) is 1. The van der Waals surface area contributed by atoms with Gasteiger partial charge >= 0.3 is 0 Å². The van der Waals surface area contributed by atoms with Crippen LogP contribution in [0, 0.1) is 6.92 Å². The van der Waals surface area contributed by atoms with Gasteiger partial charge in [-0.3, -0.25) is 4.79 Å². The number of aromatic nitrogens is 2. The SMILES string of the molecule is CCCCN(C)C[C@@H](C)NC(=O)c1cc(C)n(-c2ccccc2)n1. The van der Waals surface area contributed by atoms with E-state index in [1.165, 1.54) is 12.8 Å². The van der Waals surface area contributed by atoms with Crippen molar-refractivity contribution < 1.29 is 4.79 Å². The Kier molecular flexibility index (Phi) is 6.55. The van der Waals surface area contributed by atoms with Gasteiger partial charge in [-0.1, -0.05) is 31.5 Å². The maximum Gasteiger partial charge on any atom is 0.272 e. The van der Waals surface area contributed by atoms with Crippen molar-refractivity contribution in [2.45, 2.75) is 39.7 Å². The Hall–Kier alpha value is -2.14. The molecule has 1 aromatic carbocycles. The van der Waals surface area contributed by atoms with Gasteiger partial charge in [0.2, 0.25) is 0 Å². The molecule has 0 saturated heterocycles. The predicted molar refractivity (Wildman–Crippen MR) is 97.6 cm³/mol. The number of carbonyl (C=O) groups is 1. The summed E-state index contributed by atoms with van der Waals surface area (Å²) in [5.41, 5.74) is 2.36. The molecule has 0 unspecified atom stereocenters. The fourth-order valence-electron chi connectivity index (χ4n) is 2.75. The van der Waals surface area contributed by atoms with Crippen LogP contribution in [0.3, 0.4) is 0 Å². The smallest absolute Gasteiger partial charge is 0.272 e. The summed E-state index contributed by atoms with van der Waals surface area (Å²) in [5.74, 6) is -0.121. The second-order valence-corrected chi connectivity index (χ2v) is 6.41. The number of rotatable bonds is 8. The van der Waals surface area contributed by atoms with Crippen molar-refractivity contribution >= 4 is 5.91 Å². The van der Waals surface area contributed by atoms with Gasteiger partial charge in [0.25, 0.3) is 5.91 Å². The van der Waals surface area contributed by atoms with E-state index in [1.54, 1.807) is 4.68 Å². The molecule has 1 N–H and O–H groups in total. The minimum atomic E-state index is -0.121. The molecule has 0 fully saturated rings. The molecular weight excluding hydrogens is 300 g/mol. The predicted octanol–water partition coefficient (Wildman–Crippen LogP) is 3.03. The monoisotopic (exact) mass is 328 g/mol. The summed E-state index contributed by atoms with van der Waals surface area (Å²) in [5, 5.41) is 7.49. The van der Waals surface area contributed by atoms with Crippen LogP contribution in [-0.2, 0) is 0 Å². The molecule has 1 atom stereocenters. The normalized spacial score (nSPS) is 12.4. The van der Waals surface area contributed by atoms with Crippen molar-refractivity contribution in [2.24, 2.45) is 0 Å². The van der Waals surface area contributed by atoms with Crippen LogP contribution >= 0.6 is 0 Å². The number of nitrogens with one attached hydrogen (secondary N) is 1. The lowest BCUT2D eigenvalue weighted by Crippen LogP contribution is -2.41. The van der Waals surface area contributed by atoms with Crippen molar-refractivity contribution in [3.05, 3.63) is 47.8 Å². The number of hydrogen-bond donors (Lipinski definition) is 1. The molecule has 24 heavy (non-hydrogen) atoms. The lowest BCUT2D eigenvalue weighted by molar-refractivity contribution is 0.0926. The number of carbonyl (C=O) groups excluding carboxylic acids is 1. The number of amides is 1. The molecule has 2 rings (SSSR count). The minimum absolute atomic E-state index is 0.0848. The van der Waals surface area contributed by atoms with Gasteiger partial charge in [-0.25, -0.2) is 4.68 Å².